The lowest BCUT2D eigenvalue weighted by molar-refractivity contribution is 0.0521. The van der Waals surface area contributed by atoms with Crippen molar-refractivity contribution in [3.8, 4) is 11.3 Å². The highest BCUT2D eigenvalue weighted by Gasteiger charge is 2.15. The van der Waals surface area contributed by atoms with E-state index in [1.54, 1.807) is 25.1 Å². The number of esters is 1. The van der Waals surface area contributed by atoms with E-state index in [1.807, 2.05) is 12.1 Å². The minimum Gasteiger partial charge on any atom is -0.461 e. The maximum atomic E-state index is 11.6. The van der Waals surface area contributed by atoms with Crippen LogP contribution >= 0.6 is 11.6 Å². The summed E-state index contributed by atoms with van der Waals surface area (Å²) in [6.45, 7) is 2.06. The molecule has 2 rings (SSSR count). The van der Waals surface area contributed by atoms with E-state index in [9.17, 15) is 4.79 Å². The van der Waals surface area contributed by atoms with Gasteiger partial charge >= 0.3 is 5.97 Å². The standard InChI is InChI=1S/C13H13ClN2O2/c1-2-18-13(17)12-10(15)7-11(16-12)8-3-5-9(14)6-4-8/h3-7,16H,2,15H2,1H3. The molecule has 0 spiro atoms. The monoisotopic (exact) mass is 264 g/mol. The van der Waals surface area contributed by atoms with Gasteiger partial charge in [0.25, 0.3) is 0 Å². The van der Waals surface area contributed by atoms with E-state index in [2.05, 4.69) is 4.98 Å². The molecule has 0 fully saturated rings. The molecule has 0 amide bonds. The fourth-order valence-corrected chi connectivity index (χ4v) is 1.75. The van der Waals surface area contributed by atoms with E-state index in [1.165, 1.54) is 0 Å². The second-order valence-corrected chi connectivity index (χ2v) is 4.18. The van der Waals surface area contributed by atoms with Gasteiger partial charge in [-0.25, -0.2) is 4.79 Å². The van der Waals surface area contributed by atoms with Gasteiger partial charge in [0.2, 0.25) is 0 Å². The first-order valence-corrected chi connectivity index (χ1v) is 5.91. The number of anilines is 1. The van der Waals surface area contributed by atoms with Gasteiger partial charge in [0.1, 0.15) is 5.69 Å². The van der Waals surface area contributed by atoms with Crippen molar-refractivity contribution in [2.75, 3.05) is 12.3 Å². The number of nitrogen functional groups attached to an aromatic ring is 1. The van der Waals surface area contributed by atoms with E-state index in [4.69, 9.17) is 22.1 Å². The molecular formula is C13H13ClN2O2. The average molecular weight is 265 g/mol. The van der Waals surface area contributed by atoms with Crippen LogP contribution in [-0.4, -0.2) is 17.6 Å². The molecule has 0 radical (unpaired) electrons. The number of benzene rings is 1. The highest BCUT2D eigenvalue weighted by Crippen LogP contribution is 2.25. The van der Waals surface area contributed by atoms with Crippen molar-refractivity contribution in [1.29, 1.82) is 0 Å². The summed E-state index contributed by atoms with van der Waals surface area (Å²) in [6, 6.07) is 8.95. The topological polar surface area (TPSA) is 68.1 Å². The number of hydrogen-bond donors (Lipinski definition) is 2. The molecule has 5 heteroatoms. The maximum Gasteiger partial charge on any atom is 0.356 e. The highest BCUT2D eigenvalue weighted by molar-refractivity contribution is 6.30. The average Bonchev–Trinajstić information content (AvgIpc) is 2.72. The maximum absolute atomic E-state index is 11.6. The lowest BCUT2D eigenvalue weighted by atomic mass is 10.1. The summed E-state index contributed by atoms with van der Waals surface area (Å²) < 4.78 is 4.91. The van der Waals surface area contributed by atoms with Gasteiger partial charge in [-0.15, -0.1) is 0 Å². The van der Waals surface area contributed by atoms with E-state index < -0.39 is 5.97 Å². The molecule has 0 aliphatic heterocycles. The number of hydrogen-bond acceptors (Lipinski definition) is 3. The van der Waals surface area contributed by atoms with E-state index in [0.29, 0.717) is 17.3 Å². The Labute approximate surface area is 110 Å². The van der Waals surface area contributed by atoms with Crippen molar-refractivity contribution in [1.82, 2.24) is 4.98 Å². The molecule has 1 aromatic carbocycles. The number of ether oxygens (including phenoxy) is 1. The third kappa shape index (κ3) is 2.49. The molecular weight excluding hydrogens is 252 g/mol. The van der Waals surface area contributed by atoms with Gasteiger partial charge in [-0.2, -0.15) is 0 Å². The second kappa shape index (κ2) is 5.14. The molecule has 1 heterocycles. The Balaban J connectivity index is 2.34. The van der Waals surface area contributed by atoms with Crippen molar-refractivity contribution in [2.45, 2.75) is 6.92 Å². The van der Waals surface area contributed by atoms with Crippen LogP contribution in [-0.2, 0) is 4.74 Å². The first-order valence-electron chi connectivity index (χ1n) is 5.53. The Morgan fingerprint density at radius 2 is 2.06 bits per heavy atom. The Hall–Kier alpha value is -1.94. The Kier molecular flexibility index (Phi) is 3.58. The predicted molar refractivity (Wildman–Crippen MR) is 71.6 cm³/mol. The first kappa shape index (κ1) is 12.5. The van der Waals surface area contributed by atoms with Crippen LogP contribution in [0.5, 0.6) is 0 Å². The number of carbonyl (C=O) groups is 1. The zero-order chi connectivity index (χ0) is 13.1. The third-order valence-electron chi connectivity index (χ3n) is 2.48. The van der Waals surface area contributed by atoms with Gasteiger partial charge in [0.15, 0.2) is 0 Å². The number of aromatic nitrogens is 1. The lowest BCUT2D eigenvalue weighted by Gasteiger charge is -2.00. The predicted octanol–water partition coefficient (Wildman–Crippen LogP) is 3.09. The summed E-state index contributed by atoms with van der Waals surface area (Å²) in [4.78, 5) is 14.6. The summed E-state index contributed by atoms with van der Waals surface area (Å²) in [5, 5.41) is 0.656. The molecule has 4 nitrogen and oxygen atoms in total. The molecule has 2 aromatic rings. The van der Waals surface area contributed by atoms with Crippen LogP contribution in [0.15, 0.2) is 30.3 Å². The molecule has 18 heavy (non-hydrogen) atoms. The molecule has 0 aliphatic rings. The molecule has 0 atom stereocenters. The van der Waals surface area contributed by atoms with Gasteiger partial charge in [-0.3, -0.25) is 0 Å². The quantitative estimate of drug-likeness (QED) is 0.837. The van der Waals surface area contributed by atoms with Gasteiger partial charge in [-0.1, -0.05) is 23.7 Å². The van der Waals surface area contributed by atoms with E-state index in [0.717, 1.165) is 11.3 Å². The Bertz CT molecular complexity index is 561. The number of H-pyrrole nitrogens is 1. The largest absolute Gasteiger partial charge is 0.461 e. The van der Waals surface area contributed by atoms with Crippen LogP contribution in [0, 0.1) is 0 Å². The van der Waals surface area contributed by atoms with E-state index >= 15 is 0 Å². The lowest BCUT2D eigenvalue weighted by Crippen LogP contribution is -2.07. The summed E-state index contributed by atoms with van der Waals surface area (Å²) in [5.74, 6) is -0.449. The molecule has 94 valence electrons. The van der Waals surface area contributed by atoms with Crippen LogP contribution in [0.3, 0.4) is 0 Å². The van der Waals surface area contributed by atoms with Crippen molar-refractivity contribution in [2.24, 2.45) is 0 Å². The molecule has 3 N–H and O–H groups in total. The smallest absolute Gasteiger partial charge is 0.356 e. The van der Waals surface area contributed by atoms with E-state index in [-0.39, 0.29) is 5.69 Å². The summed E-state index contributed by atoms with van der Waals surface area (Å²) in [7, 11) is 0. The zero-order valence-corrected chi connectivity index (χ0v) is 10.6. The fourth-order valence-electron chi connectivity index (χ4n) is 1.63. The van der Waals surface area contributed by atoms with Gasteiger partial charge < -0.3 is 15.5 Å². The molecule has 1 aromatic heterocycles. The number of halogens is 1. The second-order valence-electron chi connectivity index (χ2n) is 3.74. The van der Waals surface area contributed by atoms with Crippen LogP contribution in [0.2, 0.25) is 5.02 Å². The minimum atomic E-state index is -0.449. The van der Waals surface area contributed by atoms with Crippen LogP contribution in [0.25, 0.3) is 11.3 Å². The number of rotatable bonds is 3. The normalized spacial score (nSPS) is 10.3. The number of nitrogens with two attached hydrogens (primary N) is 1. The Morgan fingerprint density at radius 3 is 2.67 bits per heavy atom. The molecule has 0 saturated carbocycles. The number of nitrogens with one attached hydrogen (secondary N) is 1. The first-order chi connectivity index (χ1) is 8.61. The molecule has 0 unspecified atom stereocenters. The van der Waals surface area contributed by atoms with Crippen molar-refractivity contribution in [3.05, 3.63) is 41.0 Å². The molecule has 0 aliphatic carbocycles. The van der Waals surface area contributed by atoms with Crippen LogP contribution in [0.1, 0.15) is 17.4 Å². The van der Waals surface area contributed by atoms with Crippen molar-refractivity contribution < 1.29 is 9.53 Å². The van der Waals surface area contributed by atoms with Crippen LogP contribution in [0.4, 0.5) is 5.69 Å². The van der Waals surface area contributed by atoms with Crippen molar-refractivity contribution >= 4 is 23.3 Å². The Morgan fingerprint density at radius 1 is 1.39 bits per heavy atom. The molecule has 0 bridgehead atoms. The number of carbonyl (C=O) groups excluding carboxylic acids is 1. The van der Waals surface area contributed by atoms with Crippen molar-refractivity contribution in [3.63, 3.8) is 0 Å². The fraction of sp³-hybridized carbons (Fsp3) is 0.154. The summed E-state index contributed by atoms with van der Waals surface area (Å²) in [5.41, 5.74) is 8.10. The SMILES string of the molecule is CCOC(=O)c1[nH]c(-c2ccc(Cl)cc2)cc1N. The zero-order valence-electron chi connectivity index (χ0n) is 9.87. The van der Waals surface area contributed by atoms with Crippen LogP contribution < -0.4 is 5.73 Å². The third-order valence-corrected chi connectivity index (χ3v) is 2.73. The summed E-state index contributed by atoms with van der Waals surface area (Å²) >= 11 is 5.82. The van der Waals surface area contributed by atoms with Gasteiger partial charge in [-0.05, 0) is 30.7 Å². The molecule has 0 saturated heterocycles. The number of aromatic amines is 1. The van der Waals surface area contributed by atoms with Gasteiger partial charge in [0.05, 0.1) is 12.3 Å². The minimum absolute atomic E-state index is 0.279. The summed E-state index contributed by atoms with van der Waals surface area (Å²) in [6.07, 6.45) is 0. The highest BCUT2D eigenvalue weighted by atomic mass is 35.5. The van der Waals surface area contributed by atoms with Gasteiger partial charge in [0, 0.05) is 10.7 Å².